The Bertz CT molecular complexity index is 891. The van der Waals surface area contributed by atoms with E-state index in [1.165, 1.54) is 11.0 Å². The highest BCUT2D eigenvalue weighted by Crippen LogP contribution is 2.26. The van der Waals surface area contributed by atoms with Gasteiger partial charge in [0.25, 0.3) is 0 Å². The third-order valence-electron chi connectivity index (χ3n) is 3.90. The molecule has 0 spiro atoms. The minimum absolute atomic E-state index is 0.0951. The zero-order chi connectivity index (χ0) is 20.0. The summed E-state index contributed by atoms with van der Waals surface area (Å²) in [5.74, 6) is -0.516. The van der Waals surface area contributed by atoms with Gasteiger partial charge in [-0.25, -0.2) is 8.42 Å². The molecule has 0 aliphatic carbocycles. The molecule has 8 nitrogen and oxygen atoms in total. The van der Waals surface area contributed by atoms with E-state index < -0.39 is 21.0 Å². The molecule has 0 saturated carbocycles. The maximum absolute atomic E-state index is 12.9. The Kier molecular flexibility index (Phi) is 6.73. The molecule has 1 atom stereocenters. The lowest BCUT2D eigenvalue weighted by Crippen LogP contribution is -2.30. The van der Waals surface area contributed by atoms with Gasteiger partial charge in [-0.2, -0.15) is 0 Å². The molecule has 0 radical (unpaired) electrons. The Labute approximate surface area is 158 Å². The Morgan fingerprint density at radius 1 is 1.22 bits per heavy atom. The van der Waals surface area contributed by atoms with E-state index in [0.717, 1.165) is 0 Å². The van der Waals surface area contributed by atoms with Crippen molar-refractivity contribution >= 4 is 27.5 Å². The van der Waals surface area contributed by atoms with Crippen molar-refractivity contribution in [2.24, 2.45) is 0 Å². The highest BCUT2D eigenvalue weighted by atomic mass is 32.2. The van der Waals surface area contributed by atoms with Crippen LogP contribution in [0.3, 0.4) is 0 Å². The standard InChI is InChI=1S/C18H23N3O5S/c1-13-12-15(20-26-13)19-18(23)17(14-8-5-4-6-9-14)27(24,25)11-7-10-16(22)21(2)3/h4-6,8-9,12,17H,7,10-11H2,1-3H3,(H,19,20,23)/t17-/m1/s1. The number of hydrogen-bond acceptors (Lipinski definition) is 6. The van der Waals surface area contributed by atoms with Crippen molar-refractivity contribution < 1.29 is 22.5 Å². The minimum Gasteiger partial charge on any atom is -0.360 e. The highest BCUT2D eigenvalue weighted by Gasteiger charge is 2.34. The number of aryl methyl sites for hydroxylation is 1. The van der Waals surface area contributed by atoms with Crippen molar-refractivity contribution in [1.29, 1.82) is 0 Å². The van der Waals surface area contributed by atoms with E-state index in [1.54, 1.807) is 51.4 Å². The SMILES string of the molecule is Cc1cc(NC(=O)[C@@H](c2ccccc2)S(=O)(=O)CCCC(=O)N(C)C)no1. The number of benzene rings is 1. The van der Waals surface area contributed by atoms with Crippen LogP contribution in [0, 0.1) is 6.92 Å². The molecule has 9 heteroatoms. The van der Waals surface area contributed by atoms with E-state index in [0.29, 0.717) is 11.3 Å². The van der Waals surface area contributed by atoms with Crippen LogP contribution in [0.25, 0.3) is 0 Å². The lowest BCUT2D eigenvalue weighted by atomic mass is 10.1. The Balaban J connectivity index is 2.21. The third-order valence-corrected chi connectivity index (χ3v) is 5.96. The predicted octanol–water partition coefficient (Wildman–Crippen LogP) is 1.95. The van der Waals surface area contributed by atoms with Crippen LogP contribution in [0.5, 0.6) is 0 Å². The maximum atomic E-state index is 12.9. The molecule has 0 unspecified atom stereocenters. The summed E-state index contributed by atoms with van der Waals surface area (Å²) in [6, 6.07) is 9.74. The van der Waals surface area contributed by atoms with Crippen molar-refractivity contribution in [3.05, 3.63) is 47.7 Å². The van der Waals surface area contributed by atoms with Crippen LogP contribution in [0.2, 0.25) is 0 Å². The van der Waals surface area contributed by atoms with Crippen molar-refractivity contribution in [2.75, 3.05) is 25.2 Å². The average molecular weight is 393 g/mol. The molecule has 2 amide bonds. The van der Waals surface area contributed by atoms with E-state index >= 15 is 0 Å². The lowest BCUT2D eigenvalue weighted by Gasteiger charge is -2.17. The quantitative estimate of drug-likeness (QED) is 0.734. The molecule has 0 bridgehead atoms. The molecule has 1 N–H and O–H groups in total. The van der Waals surface area contributed by atoms with Gasteiger partial charge >= 0.3 is 0 Å². The summed E-state index contributed by atoms with van der Waals surface area (Å²) in [6.07, 6.45) is 0.233. The number of amides is 2. The zero-order valence-corrected chi connectivity index (χ0v) is 16.3. The first-order valence-electron chi connectivity index (χ1n) is 8.41. The van der Waals surface area contributed by atoms with Crippen LogP contribution < -0.4 is 5.32 Å². The van der Waals surface area contributed by atoms with Crippen LogP contribution in [0.4, 0.5) is 5.82 Å². The van der Waals surface area contributed by atoms with Crippen LogP contribution >= 0.6 is 0 Å². The second kappa shape index (κ2) is 8.81. The zero-order valence-electron chi connectivity index (χ0n) is 15.5. The summed E-state index contributed by atoms with van der Waals surface area (Å²) < 4.78 is 30.7. The van der Waals surface area contributed by atoms with E-state index in [2.05, 4.69) is 10.5 Å². The van der Waals surface area contributed by atoms with E-state index in [-0.39, 0.29) is 30.3 Å². The van der Waals surface area contributed by atoms with Gasteiger partial charge in [0.1, 0.15) is 5.76 Å². The molecule has 0 aliphatic rings. The van der Waals surface area contributed by atoms with Crippen LogP contribution in [0.15, 0.2) is 40.9 Å². The smallest absolute Gasteiger partial charge is 0.248 e. The maximum Gasteiger partial charge on any atom is 0.248 e. The molecule has 1 aromatic carbocycles. The molecule has 0 saturated heterocycles. The average Bonchev–Trinajstić information content (AvgIpc) is 3.00. The number of carbonyl (C=O) groups is 2. The number of rotatable bonds is 8. The second-order valence-corrected chi connectivity index (χ2v) is 8.57. The summed E-state index contributed by atoms with van der Waals surface area (Å²) in [4.78, 5) is 25.8. The minimum atomic E-state index is -3.85. The first-order chi connectivity index (χ1) is 12.7. The third kappa shape index (κ3) is 5.65. The van der Waals surface area contributed by atoms with Gasteiger partial charge in [-0.15, -0.1) is 0 Å². The molecule has 1 aromatic heterocycles. The molecule has 2 aromatic rings. The first-order valence-corrected chi connectivity index (χ1v) is 10.1. The van der Waals surface area contributed by atoms with Crippen molar-refractivity contribution in [1.82, 2.24) is 10.1 Å². The summed E-state index contributed by atoms with van der Waals surface area (Å²) in [7, 11) is -0.634. The fraction of sp³-hybridized carbons (Fsp3) is 0.389. The first kappa shape index (κ1) is 20.6. The molecule has 1 heterocycles. The number of hydrogen-bond donors (Lipinski definition) is 1. The van der Waals surface area contributed by atoms with Crippen molar-refractivity contribution in [3.63, 3.8) is 0 Å². The van der Waals surface area contributed by atoms with Gasteiger partial charge in [-0.05, 0) is 18.9 Å². The van der Waals surface area contributed by atoms with E-state index in [1.807, 2.05) is 0 Å². The van der Waals surface area contributed by atoms with Crippen molar-refractivity contribution in [2.45, 2.75) is 25.0 Å². The van der Waals surface area contributed by atoms with Crippen LogP contribution in [-0.2, 0) is 19.4 Å². The molecule has 0 aliphatic heterocycles. The number of sulfone groups is 1. The number of aromatic nitrogens is 1. The summed E-state index contributed by atoms with van der Waals surface area (Å²) in [6.45, 7) is 1.66. The van der Waals surface area contributed by atoms with Gasteiger partial charge < -0.3 is 14.7 Å². The van der Waals surface area contributed by atoms with Gasteiger partial charge in [0, 0.05) is 26.6 Å². The molecule has 27 heavy (non-hydrogen) atoms. The van der Waals surface area contributed by atoms with Gasteiger partial charge in [-0.3, -0.25) is 9.59 Å². The van der Waals surface area contributed by atoms with Gasteiger partial charge in [-0.1, -0.05) is 35.5 Å². The monoisotopic (exact) mass is 393 g/mol. The second-order valence-electron chi connectivity index (χ2n) is 6.36. The number of nitrogens with one attached hydrogen (secondary N) is 1. The Hall–Kier alpha value is -2.68. The molecular formula is C18H23N3O5S. The predicted molar refractivity (Wildman–Crippen MR) is 101 cm³/mol. The van der Waals surface area contributed by atoms with E-state index in [4.69, 9.17) is 4.52 Å². The molecule has 146 valence electrons. The Morgan fingerprint density at radius 3 is 2.44 bits per heavy atom. The van der Waals surface area contributed by atoms with Crippen LogP contribution in [-0.4, -0.2) is 50.1 Å². The molecule has 0 fully saturated rings. The number of anilines is 1. The van der Waals surface area contributed by atoms with Gasteiger partial charge in [0.15, 0.2) is 20.9 Å². The largest absolute Gasteiger partial charge is 0.360 e. The Morgan fingerprint density at radius 2 is 1.89 bits per heavy atom. The van der Waals surface area contributed by atoms with Gasteiger partial charge in [0.05, 0.1) is 5.75 Å². The summed E-state index contributed by atoms with van der Waals surface area (Å²) in [5, 5.41) is 4.76. The van der Waals surface area contributed by atoms with Crippen LogP contribution in [0.1, 0.15) is 29.4 Å². The summed E-state index contributed by atoms with van der Waals surface area (Å²) in [5.41, 5.74) is 0.356. The fourth-order valence-electron chi connectivity index (χ4n) is 2.53. The highest BCUT2D eigenvalue weighted by molar-refractivity contribution is 7.92. The number of carbonyl (C=O) groups excluding carboxylic acids is 2. The van der Waals surface area contributed by atoms with E-state index in [9.17, 15) is 18.0 Å². The summed E-state index contributed by atoms with van der Waals surface area (Å²) >= 11 is 0. The molecule has 2 rings (SSSR count). The van der Waals surface area contributed by atoms with Gasteiger partial charge in [0.2, 0.25) is 11.8 Å². The molecular weight excluding hydrogens is 370 g/mol. The lowest BCUT2D eigenvalue weighted by molar-refractivity contribution is -0.128. The normalized spacial score (nSPS) is 12.4. The van der Waals surface area contributed by atoms with Crippen molar-refractivity contribution in [3.8, 4) is 0 Å². The topological polar surface area (TPSA) is 110 Å². The fourth-order valence-corrected chi connectivity index (χ4v) is 4.27. The number of nitrogens with zero attached hydrogens (tertiary/aromatic N) is 2.